The molecule has 1 heterocycles. The molecule has 0 radical (unpaired) electrons. The molecule has 0 spiro atoms. The van der Waals surface area contributed by atoms with Crippen molar-refractivity contribution in [3.8, 4) is 0 Å². The zero-order valence-electron chi connectivity index (χ0n) is 12.8. The van der Waals surface area contributed by atoms with Gasteiger partial charge in [-0.1, -0.05) is 6.07 Å². The van der Waals surface area contributed by atoms with Crippen LogP contribution in [0.5, 0.6) is 0 Å². The molecule has 4 nitrogen and oxygen atoms in total. The molecular weight excluding hydrogens is 266 g/mol. The van der Waals surface area contributed by atoms with E-state index in [0.29, 0.717) is 11.3 Å². The predicted octanol–water partition coefficient (Wildman–Crippen LogP) is 2.99. The second-order valence-corrected chi connectivity index (χ2v) is 5.26. The van der Waals surface area contributed by atoms with Crippen molar-refractivity contribution in [3.05, 3.63) is 58.4 Å². The highest BCUT2D eigenvalue weighted by Crippen LogP contribution is 2.16. The molecule has 0 aliphatic carbocycles. The van der Waals surface area contributed by atoms with Gasteiger partial charge < -0.3 is 9.30 Å². The van der Waals surface area contributed by atoms with E-state index in [1.165, 1.54) is 0 Å². The van der Waals surface area contributed by atoms with Gasteiger partial charge in [0.25, 0.3) is 0 Å². The Hall–Kier alpha value is -2.36. The van der Waals surface area contributed by atoms with Crippen molar-refractivity contribution in [2.24, 2.45) is 7.05 Å². The van der Waals surface area contributed by atoms with Crippen molar-refractivity contribution in [3.63, 3.8) is 0 Å². The van der Waals surface area contributed by atoms with Crippen LogP contribution in [-0.2, 0) is 11.8 Å². The lowest BCUT2D eigenvalue weighted by atomic mass is 9.98. The molecule has 4 heteroatoms. The fourth-order valence-corrected chi connectivity index (χ4v) is 2.22. The summed E-state index contributed by atoms with van der Waals surface area (Å²) in [5.74, 6) is -0.671. The van der Waals surface area contributed by atoms with Crippen molar-refractivity contribution in [1.82, 2.24) is 4.57 Å². The third kappa shape index (κ3) is 3.21. The zero-order valence-corrected chi connectivity index (χ0v) is 12.8. The van der Waals surface area contributed by atoms with E-state index in [9.17, 15) is 9.59 Å². The fourth-order valence-electron chi connectivity index (χ4n) is 2.22. The summed E-state index contributed by atoms with van der Waals surface area (Å²) in [5, 5.41) is 0. The standard InChI is InChI=1S/C17H19NO3/c1-11-8-13(3)14(9-12(11)2)16(19)10-21-17(20)15-6-5-7-18(15)4/h5-9H,10H2,1-4H3. The first kappa shape index (κ1) is 15.0. The van der Waals surface area contributed by atoms with Crippen LogP contribution in [0.4, 0.5) is 0 Å². The van der Waals surface area contributed by atoms with Crippen LogP contribution in [0.1, 0.15) is 37.5 Å². The van der Waals surface area contributed by atoms with E-state index < -0.39 is 5.97 Å². The van der Waals surface area contributed by atoms with Gasteiger partial charge in [0.1, 0.15) is 5.69 Å². The van der Waals surface area contributed by atoms with E-state index >= 15 is 0 Å². The number of carbonyl (C=O) groups excluding carboxylic acids is 2. The van der Waals surface area contributed by atoms with Gasteiger partial charge in [-0.15, -0.1) is 0 Å². The molecule has 1 aromatic heterocycles. The van der Waals surface area contributed by atoms with Gasteiger partial charge in [-0.05, 0) is 55.7 Å². The molecule has 0 aliphatic heterocycles. The number of aryl methyl sites for hydroxylation is 4. The molecule has 2 rings (SSSR count). The maximum atomic E-state index is 12.2. The van der Waals surface area contributed by atoms with E-state index in [0.717, 1.165) is 16.7 Å². The van der Waals surface area contributed by atoms with Gasteiger partial charge >= 0.3 is 5.97 Å². The lowest BCUT2D eigenvalue weighted by Crippen LogP contribution is -2.17. The van der Waals surface area contributed by atoms with Crippen LogP contribution in [0.15, 0.2) is 30.5 Å². The van der Waals surface area contributed by atoms with Crippen LogP contribution in [-0.4, -0.2) is 22.9 Å². The van der Waals surface area contributed by atoms with Gasteiger partial charge in [0.15, 0.2) is 6.61 Å². The van der Waals surface area contributed by atoms with Crippen LogP contribution in [0.2, 0.25) is 0 Å². The number of hydrogen-bond donors (Lipinski definition) is 0. The largest absolute Gasteiger partial charge is 0.453 e. The lowest BCUT2D eigenvalue weighted by molar-refractivity contribution is 0.0465. The Morgan fingerprint density at radius 3 is 2.38 bits per heavy atom. The molecule has 0 saturated heterocycles. The van der Waals surface area contributed by atoms with E-state index in [1.54, 1.807) is 29.9 Å². The second kappa shape index (κ2) is 5.95. The summed E-state index contributed by atoms with van der Waals surface area (Å²) >= 11 is 0. The summed E-state index contributed by atoms with van der Waals surface area (Å²) in [7, 11) is 1.76. The topological polar surface area (TPSA) is 48.3 Å². The first-order valence-electron chi connectivity index (χ1n) is 6.79. The first-order valence-corrected chi connectivity index (χ1v) is 6.79. The monoisotopic (exact) mass is 285 g/mol. The minimum Gasteiger partial charge on any atom is -0.453 e. The molecule has 2 aromatic rings. The Balaban J connectivity index is 2.07. The number of aromatic nitrogens is 1. The van der Waals surface area contributed by atoms with E-state index in [4.69, 9.17) is 4.74 Å². The van der Waals surface area contributed by atoms with Crippen molar-refractivity contribution in [1.29, 1.82) is 0 Å². The van der Waals surface area contributed by atoms with Crippen LogP contribution in [0, 0.1) is 20.8 Å². The SMILES string of the molecule is Cc1cc(C)c(C(=O)COC(=O)c2cccn2C)cc1C. The van der Waals surface area contributed by atoms with Gasteiger partial charge in [0.2, 0.25) is 5.78 Å². The Morgan fingerprint density at radius 2 is 1.76 bits per heavy atom. The highest BCUT2D eigenvalue weighted by atomic mass is 16.5. The Kier molecular flexibility index (Phi) is 4.26. The molecule has 0 amide bonds. The molecule has 0 aliphatic rings. The molecular formula is C17H19NO3. The Labute approximate surface area is 124 Å². The number of ether oxygens (including phenoxy) is 1. The van der Waals surface area contributed by atoms with Gasteiger partial charge in [-0.25, -0.2) is 4.79 Å². The minimum absolute atomic E-state index is 0.182. The predicted molar refractivity (Wildman–Crippen MR) is 80.7 cm³/mol. The third-order valence-electron chi connectivity index (χ3n) is 3.63. The molecule has 1 aromatic carbocycles. The fraction of sp³-hybridized carbons (Fsp3) is 0.294. The molecule has 21 heavy (non-hydrogen) atoms. The van der Waals surface area contributed by atoms with Crippen molar-refractivity contribution < 1.29 is 14.3 Å². The number of carbonyl (C=O) groups is 2. The first-order chi connectivity index (χ1) is 9.90. The number of Topliss-reactive ketones (excluding diaryl/α,β-unsaturated/α-hetero) is 1. The summed E-state index contributed by atoms with van der Waals surface area (Å²) < 4.78 is 6.76. The smallest absolute Gasteiger partial charge is 0.355 e. The number of ketones is 1. The van der Waals surface area contributed by atoms with Crippen LogP contribution < -0.4 is 0 Å². The minimum atomic E-state index is -0.489. The number of esters is 1. The molecule has 110 valence electrons. The molecule has 0 N–H and O–H groups in total. The van der Waals surface area contributed by atoms with Gasteiger partial charge in [0.05, 0.1) is 0 Å². The van der Waals surface area contributed by atoms with Crippen molar-refractivity contribution in [2.75, 3.05) is 6.61 Å². The Morgan fingerprint density at radius 1 is 1.10 bits per heavy atom. The number of rotatable bonds is 4. The van der Waals surface area contributed by atoms with Crippen molar-refractivity contribution >= 4 is 11.8 Å². The average molecular weight is 285 g/mol. The number of benzene rings is 1. The van der Waals surface area contributed by atoms with Crippen LogP contribution in [0.25, 0.3) is 0 Å². The summed E-state index contributed by atoms with van der Waals surface area (Å²) in [6.45, 7) is 5.61. The second-order valence-electron chi connectivity index (χ2n) is 5.26. The Bertz CT molecular complexity index is 698. The summed E-state index contributed by atoms with van der Waals surface area (Å²) in [5.41, 5.74) is 4.14. The zero-order chi connectivity index (χ0) is 15.6. The normalized spacial score (nSPS) is 10.5. The maximum absolute atomic E-state index is 12.2. The number of nitrogens with zero attached hydrogens (tertiary/aromatic N) is 1. The van der Waals surface area contributed by atoms with E-state index in [-0.39, 0.29) is 12.4 Å². The van der Waals surface area contributed by atoms with Crippen LogP contribution >= 0.6 is 0 Å². The van der Waals surface area contributed by atoms with E-state index in [1.807, 2.05) is 32.9 Å². The van der Waals surface area contributed by atoms with Gasteiger partial charge in [-0.2, -0.15) is 0 Å². The van der Waals surface area contributed by atoms with Gasteiger partial charge in [0, 0.05) is 18.8 Å². The van der Waals surface area contributed by atoms with Crippen LogP contribution in [0.3, 0.4) is 0 Å². The molecule has 0 fully saturated rings. The highest BCUT2D eigenvalue weighted by Gasteiger charge is 2.15. The summed E-state index contributed by atoms with van der Waals surface area (Å²) in [6.07, 6.45) is 1.76. The molecule has 0 unspecified atom stereocenters. The van der Waals surface area contributed by atoms with Crippen molar-refractivity contribution in [2.45, 2.75) is 20.8 Å². The number of hydrogen-bond acceptors (Lipinski definition) is 3. The lowest BCUT2D eigenvalue weighted by Gasteiger charge is -2.10. The summed E-state index contributed by atoms with van der Waals surface area (Å²) in [6, 6.07) is 7.24. The third-order valence-corrected chi connectivity index (χ3v) is 3.63. The quantitative estimate of drug-likeness (QED) is 0.641. The molecule has 0 bridgehead atoms. The van der Waals surface area contributed by atoms with Gasteiger partial charge in [-0.3, -0.25) is 4.79 Å². The van der Waals surface area contributed by atoms with E-state index in [2.05, 4.69) is 0 Å². The average Bonchev–Trinajstić information content (AvgIpc) is 2.86. The molecule has 0 atom stereocenters. The maximum Gasteiger partial charge on any atom is 0.355 e. The highest BCUT2D eigenvalue weighted by molar-refractivity contribution is 6.00. The molecule has 0 saturated carbocycles. The summed E-state index contributed by atoms with van der Waals surface area (Å²) in [4.78, 5) is 24.1.